The van der Waals surface area contributed by atoms with Gasteiger partial charge in [-0.2, -0.15) is 0 Å². The van der Waals surface area contributed by atoms with Crippen molar-refractivity contribution in [3.8, 4) is 0 Å². The molecule has 3 rings (SSSR count). The van der Waals surface area contributed by atoms with Crippen LogP contribution in [-0.2, 0) is 0 Å². The molecule has 3 fully saturated rings. The van der Waals surface area contributed by atoms with Crippen molar-refractivity contribution in [1.82, 2.24) is 5.32 Å². The van der Waals surface area contributed by atoms with Crippen LogP contribution in [-0.4, -0.2) is 12.6 Å². The van der Waals surface area contributed by atoms with Crippen LogP contribution in [0.2, 0.25) is 0 Å². The second kappa shape index (κ2) is 4.08. The van der Waals surface area contributed by atoms with E-state index < -0.39 is 0 Å². The summed E-state index contributed by atoms with van der Waals surface area (Å²) in [5.74, 6) is 4.26. The molecule has 15 heavy (non-hydrogen) atoms. The number of nitrogens with one attached hydrogen (secondary N) is 1. The summed E-state index contributed by atoms with van der Waals surface area (Å²) in [6, 6.07) is 0.872. The van der Waals surface area contributed by atoms with Gasteiger partial charge in [0.05, 0.1) is 0 Å². The first-order chi connectivity index (χ1) is 7.33. The molecule has 0 amide bonds. The lowest BCUT2D eigenvalue weighted by atomic mass is 9.82. The minimum absolute atomic E-state index is 0.872. The Labute approximate surface area is 94.0 Å². The summed E-state index contributed by atoms with van der Waals surface area (Å²) in [4.78, 5) is 0. The van der Waals surface area contributed by atoms with Crippen LogP contribution in [0.3, 0.4) is 0 Å². The van der Waals surface area contributed by atoms with Crippen molar-refractivity contribution in [2.45, 2.75) is 57.9 Å². The van der Waals surface area contributed by atoms with E-state index in [0.29, 0.717) is 0 Å². The summed E-state index contributed by atoms with van der Waals surface area (Å²) in [6.07, 6.45) is 10.5. The van der Waals surface area contributed by atoms with Crippen LogP contribution >= 0.6 is 0 Å². The lowest BCUT2D eigenvalue weighted by Crippen LogP contribution is -2.36. The average molecular weight is 207 g/mol. The van der Waals surface area contributed by atoms with Crippen LogP contribution < -0.4 is 5.32 Å². The van der Waals surface area contributed by atoms with E-state index in [-0.39, 0.29) is 0 Å². The van der Waals surface area contributed by atoms with Gasteiger partial charge in [0, 0.05) is 6.04 Å². The van der Waals surface area contributed by atoms with Gasteiger partial charge < -0.3 is 5.32 Å². The van der Waals surface area contributed by atoms with E-state index in [9.17, 15) is 0 Å². The standard InChI is InChI=1S/C14H25N/c1-10-7-13(10)9-15-14-4-2-3-12(8-14)11-5-6-11/h10-15H,2-9H2,1H3. The SMILES string of the molecule is CC1CC1CNC1CCCC(C2CC2)C1. The van der Waals surface area contributed by atoms with Gasteiger partial charge in [0.15, 0.2) is 0 Å². The van der Waals surface area contributed by atoms with Crippen molar-refractivity contribution in [3.05, 3.63) is 0 Å². The molecule has 3 aliphatic rings. The molecule has 0 aromatic rings. The fourth-order valence-electron chi connectivity index (χ4n) is 3.41. The summed E-state index contributed by atoms with van der Waals surface area (Å²) in [5.41, 5.74) is 0. The van der Waals surface area contributed by atoms with Crippen molar-refractivity contribution in [2.75, 3.05) is 6.54 Å². The summed E-state index contributed by atoms with van der Waals surface area (Å²) in [7, 11) is 0. The lowest BCUT2D eigenvalue weighted by Gasteiger charge is -2.30. The Hall–Kier alpha value is -0.0400. The fraction of sp³-hybridized carbons (Fsp3) is 1.00. The second-order valence-electron chi connectivity index (χ2n) is 6.34. The summed E-state index contributed by atoms with van der Waals surface area (Å²) in [5, 5.41) is 3.83. The second-order valence-corrected chi connectivity index (χ2v) is 6.34. The lowest BCUT2D eigenvalue weighted by molar-refractivity contribution is 0.259. The molecule has 1 N–H and O–H groups in total. The van der Waals surface area contributed by atoms with Crippen molar-refractivity contribution in [1.29, 1.82) is 0 Å². The van der Waals surface area contributed by atoms with Crippen LogP contribution in [0.1, 0.15) is 51.9 Å². The van der Waals surface area contributed by atoms with E-state index in [1.807, 2.05) is 0 Å². The van der Waals surface area contributed by atoms with Crippen LogP contribution in [0.4, 0.5) is 0 Å². The predicted molar refractivity (Wildman–Crippen MR) is 63.7 cm³/mol. The molecule has 86 valence electrons. The molecule has 0 radical (unpaired) electrons. The molecule has 0 spiro atoms. The topological polar surface area (TPSA) is 12.0 Å². The van der Waals surface area contributed by atoms with Crippen LogP contribution in [0.15, 0.2) is 0 Å². The summed E-state index contributed by atoms with van der Waals surface area (Å²) >= 11 is 0. The van der Waals surface area contributed by atoms with Crippen LogP contribution in [0.5, 0.6) is 0 Å². The number of rotatable bonds is 4. The third-order valence-corrected chi connectivity index (χ3v) is 4.95. The molecule has 3 aliphatic carbocycles. The van der Waals surface area contributed by atoms with Gasteiger partial charge >= 0.3 is 0 Å². The maximum atomic E-state index is 3.83. The van der Waals surface area contributed by atoms with Crippen molar-refractivity contribution >= 4 is 0 Å². The summed E-state index contributed by atoms with van der Waals surface area (Å²) in [6.45, 7) is 3.70. The Morgan fingerprint density at radius 3 is 2.47 bits per heavy atom. The van der Waals surface area contributed by atoms with Crippen LogP contribution in [0, 0.1) is 23.7 Å². The Morgan fingerprint density at radius 1 is 1.00 bits per heavy atom. The molecule has 4 atom stereocenters. The molecule has 0 bridgehead atoms. The smallest absolute Gasteiger partial charge is 0.00699 e. The molecule has 1 heteroatoms. The predicted octanol–water partition coefficient (Wildman–Crippen LogP) is 3.20. The molecule has 0 aromatic heterocycles. The monoisotopic (exact) mass is 207 g/mol. The maximum Gasteiger partial charge on any atom is 0.00699 e. The Bertz CT molecular complexity index is 221. The molecular weight excluding hydrogens is 182 g/mol. The summed E-state index contributed by atoms with van der Waals surface area (Å²) < 4.78 is 0. The molecule has 0 saturated heterocycles. The Morgan fingerprint density at radius 2 is 1.80 bits per heavy atom. The largest absolute Gasteiger partial charge is 0.314 e. The highest BCUT2D eigenvalue weighted by Gasteiger charge is 2.36. The molecule has 1 nitrogen and oxygen atoms in total. The Balaban J connectivity index is 1.40. The van der Waals surface area contributed by atoms with Crippen LogP contribution in [0.25, 0.3) is 0 Å². The van der Waals surface area contributed by atoms with Gasteiger partial charge in [-0.25, -0.2) is 0 Å². The van der Waals surface area contributed by atoms with E-state index >= 15 is 0 Å². The van der Waals surface area contributed by atoms with Gasteiger partial charge in [0.1, 0.15) is 0 Å². The van der Waals surface area contributed by atoms with Crippen molar-refractivity contribution < 1.29 is 0 Å². The first-order valence-electron chi connectivity index (χ1n) is 7.06. The van der Waals surface area contributed by atoms with E-state index in [2.05, 4.69) is 12.2 Å². The molecule has 4 unspecified atom stereocenters. The minimum atomic E-state index is 0.872. The maximum absolute atomic E-state index is 3.83. The third-order valence-electron chi connectivity index (χ3n) is 4.95. The minimum Gasteiger partial charge on any atom is -0.314 e. The van der Waals surface area contributed by atoms with E-state index in [4.69, 9.17) is 0 Å². The van der Waals surface area contributed by atoms with Gasteiger partial charge in [0.25, 0.3) is 0 Å². The number of hydrogen-bond donors (Lipinski definition) is 1. The first kappa shape index (κ1) is 10.1. The molecule has 0 aliphatic heterocycles. The van der Waals surface area contributed by atoms with Gasteiger partial charge in [-0.3, -0.25) is 0 Å². The van der Waals surface area contributed by atoms with Gasteiger partial charge in [-0.05, 0) is 62.3 Å². The molecule has 0 heterocycles. The zero-order valence-corrected chi connectivity index (χ0v) is 10.0. The zero-order valence-electron chi connectivity index (χ0n) is 10.0. The number of hydrogen-bond acceptors (Lipinski definition) is 1. The molecule has 0 aromatic carbocycles. The van der Waals surface area contributed by atoms with Crippen molar-refractivity contribution in [2.24, 2.45) is 23.7 Å². The zero-order chi connectivity index (χ0) is 10.3. The van der Waals surface area contributed by atoms with E-state index in [0.717, 1.165) is 29.7 Å². The van der Waals surface area contributed by atoms with Crippen molar-refractivity contribution in [3.63, 3.8) is 0 Å². The highest BCUT2D eigenvalue weighted by atomic mass is 14.9. The highest BCUT2D eigenvalue weighted by molar-refractivity contribution is 4.90. The third kappa shape index (κ3) is 2.55. The quantitative estimate of drug-likeness (QED) is 0.746. The normalized spacial score (nSPS) is 45.4. The van der Waals surface area contributed by atoms with Gasteiger partial charge in [0.2, 0.25) is 0 Å². The van der Waals surface area contributed by atoms with Gasteiger partial charge in [-0.15, -0.1) is 0 Å². The highest BCUT2D eigenvalue weighted by Crippen LogP contribution is 2.44. The molecule has 3 saturated carbocycles. The first-order valence-corrected chi connectivity index (χ1v) is 7.06. The van der Waals surface area contributed by atoms with E-state index in [1.54, 1.807) is 0 Å². The Kier molecular flexibility index (Phi) is 2.76. The fourth-order valence-corrected chi connectivity index (χ4v) is 3.41. The molecular formula is C14H25N. The average Bonchev–Trinajstić information content (AvgIpc) is 3.11. The van der Waals surface area contributed by atoms with Gasteiger partial charge in [-0.1, -0.05) is 19.8 Å². The van der Waals surface area contributed by atoms with E-state index in [1.165, 1.54) is 51.5 Å².